The Bertz CT molecular complexity index is 1270. The fraction of sp³-hybridized carbons (Fsp3) is 0.788. The van der Waals surface area contributed by atoms with E-state index in [4.69, 9.17) is 0 Å². The number of likely N-dealkylation sites (tertiary alicyclic amines) is 1. The summed E-state index contributed by atoms with van der Waals surface area (Å²) in [4.78, 5) is 68.7. The molecule has 0 spiro atoms. The van der Waals surface area contributed by atoms with Crippen LogP contribution in [-0.4, -0.2) is 91.6 Å². The highest BCUT2D eigenvalue weighted by Crippen LogP contribution is 2.35. The van der Waals surface area contributed by atoms with Gasteiger partial charge in [-0.25, -0.2) is 13.2 Å². The van der Waals surface area contributed by atoms with Crippen molar-refractivity contribution >= 4 is 39.4 Å². The largest absolute Gasteiger partial charge is 0.346 e. The molecule has 0 aromatic rings. The molecule has 0 bridgehead atoms. The molecule has 4 atom stereocenters. The quantitative estimate of drug-likeness (QED) is 0.163. The van der Waals surface area contributed by atoms with Crippen LogP contribution in [0, 0.1) is 23.2 Å². The van der Waals surface area contributed by atoms with E-state index < -0.39 is 68.5 Å². The number of urea groups is 1. The molecule has 3 rings (SSSR count). The molecule has 1 heterocycles. The lowest BCUT2D eigenvalue weighted by Gasteiger charge is -2.40. The van der Waals surface area contributed by atoms with Gasteiger partial charge >= 0.3 is 6.03 Å². The van der Waals surface area contributed by atoms with Crippen LogP contribution >= 0.6 is 0 Å². The van der Waals surface area contributed by atoms with Crippen molar-refractivity contribution < 1.29 is 32.4 Å². The maximum Gasteiger partial charge on any atom is 0.315 e. The van der Waals surface area contributed by atoms with Crippen molar-refractivity contribution in [1.29, 1.82) is 0 Å². The Hall–Kier alpha value is -2.96. The summed E-state index contributed by atoms with van der Waals surface area (Å²) in [5.74, 6) is -2.22. The standard InChI is InChI=1S/C33H55N5O7S/c1-8-16-34-29(41)26(39)24(17-22-12-13-22)35-28(40)25-18-23(21(2)3)19-38(25)30(42)27(32(4,5)6)36-31(43)37-33(20-46(7,44)45)14-10-9-11-15-33/h8,21-25,27H,1,9-20H2,2-7H3,(H,34,41)(H,35,40)(H2,36,37,43)/t23-,24?,25+,27-/m1/s1. The van der Waals surface area contributed by atoms with E-state index in [1.54, 1.807) is 0 Å². The molecule has 12 nitrogen and oxygen atoms in total. The zero-order valence-electron chi connectivity index (χ0n) is 28.4. The molecule has 5 amide bonds. The number of amides is 5. The first-order valence-electron chi connectivity index (χ1n) is 16.7. The number of hydrogen-bond acceptors (Lipinski definition) is 7. The zero-order valence-corrected chi connectivity index (χ0v) is 29.3. The molecular weight excluding hydrogens is 610 g/mol. The highest BCUT2D eigenvalue weighted by Gasteiger charge is 2.47. The second kappa shape index (κ2) is 15.3. The number of hydrogen-bond donors (Lipinski definition) is 4. The molecule has 0 aromatic heterocycles. The molecule has 3 fully saturated rings. The minimum Gasteiger partial charge on any atom is -0.346 e. The Morgan fingerprint density at radius 2 is 1.65 bits per heavy atom. The number of ketones is 1. The Morgan fingerprint density at radius 1 is 1.02 bits per heavy atom. The first-order chi connectivity index (χ1) is 21.4. The number of rotatable bonds is 14. The van der Waals surface area contributed by atoms with Gasteiger partial charge in [0.25, 0.3) is 5.91 Å². The Balaban J connectivity index is 1.83. The predicted molar refractivity (Wildman–Crippen MR) is 176 cm³/mol. The molecular formula is C33H55N5O7S. The number of carbonyl (C=O) groups excluding carboxylic acids is 5. The van der Waals surface area contributed by atoms with Crippen LogP contribution in [0.4, 0.5) is 4.79 Å². The average molecular weight is 666 g/mol. The van der Waals surface area contributed by atoms with Gasteiger partial charge in [-0.15, -0.1) is 6.58 Å². The minimum atomic E-state index is -3.39. The van der Waals surface area contributed by atoms with E-state index in [1.807, 2.05) is 34.6 Å². The van der Waals surface area contributed by atoms with E-state index in [0.29, 0.717) is 32.2 Å². The molecule has 13 heteroatoms. The zero-order chi connectivity index (χ0) is 34.4. The number of sulfone groups is 1. The van der Waals surface area contributed by atoms with Gasteiger partial charge in [0.1, 0.15) is 21.9 Å². The molecule has 0 radical (unpaired) electrons. The van der Waals surface area contributed by atoms with Crippen LogP contribution < -0.4 is 21.3 Å². The van der Waals surface area contributed by atoms with Crippen LogP contribution in [0.5, 0.6) is 0 Å². The molecule has 2 aliphatic carbocycles. The van der Waals surface area contributed by atoms with Crippen LogP contribution in [0.15, 0.2) is 12.7 Å². The van der Waals surface area contributed by atoms with Crippen LogP contribution in [0.2, 0.25) is 0 Å². The second-order valence-electron chi connectivity index (χ2n) is 15.2. The summed E-state index contributed by atoms with van der Waals surface area (Å²) in [5, 5.41) is 11.1. The first-order valence-corrected chi connectivity index (χ1v) is 18.7. The third-order valence-electron chi connectivity index (χ3n) is 9.51. The van der Waals surface area contributed by atoms with E-state index in [9.17, 15) is 32.4 Å². The summed E-state index contributed by atoms with van der Waals surface area (Å²) < 4.78 is 24.6. The maximum absolute atomic E-state index is 14.3. The highest BCUT2D eigenvalue weighted by molar-refractivity contribution is 7.90. The van der Waals surface area contributed by atoms with Crippen LogP contribution in [-0.2, 0) is 29.0 Å². The fourth-order valence-corrected chi connectivity index (χ4v) is 8.06. The summed E-state index contributed by atoms with van der Waals surface area (Å²) in [6.45, 7) is 13.5. The van der Waals surface area contributed by atoms with Crippen LogP contribution in [0.25, 0.3) is 0 Å². The summed E-state index contributed by atoms with van der Waals surface area (Å²) in [7, 11) is -3.39. The molecule has 1 saturated heterocycles. The Kier molecular flexibility index (Phi) is 12.5. The van der Waals surface area contributed by atoms with Crippen molar-refractivity contribution in [3.05, 3.63) is 12.7 Å². The van der Waals surface area contributed by atoms with Gasteiger partial charge in [0, 0.05) is 19.3 Å². The third kappa shape index (κ3) is 10.5. The van der Waals surface area contributed by atoms with Crippen molar-refractivity contribution in [2.45, 2.75) is 116 Å². The molecule has 4 N–H and O–H groups in total. The van der Waals surface area contributed by atoms with E-state index in [1.165, 1.54) is 11.0 Å². The van der Waals surface area contributed by atoms with Gasteiger partial charge in [0.15, 0.2) is 0 Å². The Morgan fingerprint density at radius 3 is 2.17 bits per heavy atom. The predicted octanol–water partition coefficient (Wildman–Crippen LogP) is 2.48. The Labute approximate surface area is 274 Å². The topological polar surface area (TPSA) is 171 Å². The fourth-order valence-electron chi connectivity index (χ4n) is 6.70. The van der Waals surface area contributed by atoms with E-state index in [-0.39, 0.29) is 30.1 Å². The van der Waals surface area contributed by atoms with Gasteiger partial charge in [0.05, 0.1) is 17.3 Å². The third-order valence-corrected chi connectivity index (χ3v) is 10.6. The van der Waals surface area contributed by atoms with Crippen LogP contribution in [0.1, 0.15) is 92.4 Å². The SMILES string of the molecule is C=CCNC(=O)C(=O)C(CC1CC1)NC(=O)[C@@H]1C[C@@H](C(C)C)CN1C(=O)[C@@H](NC(=O)NC1(CS(C)(=O)=O)CCCCC1)C(C)(C)C. The average Bonchev–Trinajstić information content (AvgIpc) is 3.65. The summed E-state index contributed by atoms with van der Waals surface area (Å²) in [6.07, 6.45) is 8.78. The van der Waals surface area contributed by atoms with E-state index >= 15 is 0 Å². The highest BCUT2D eigenvalue weighted by atomic mass is 32.2. The second-order valence-corrected chi connectivity index (χ2v) is 17.3. The van der Waals surface area contributed by atoms with Gasteiger partial charge in [-0.1, -0.05) is 72.8 Å². The monoisotopic (exact) mass is 665 g/mol. The molecule has 1 aliphatic heterocycles. The molecule has 0 aromatic carbocycles. The van der Waals surface area contributed by atoms with Gasteiger partial charge in [0.2, 0.25) is 17.6 Å². The van der Waals surface area contributed by atoms with Crippen molar-refractivity contribution in [3.8, 4) is 0 Å². The first kappa shape index (κ1) is 37.5. The number of nitrogens with one attached hydrogen (secondary N) is 4. The summed E-state index contributed by atoms with van der Waals surface area (Å²) in [6, 6.07) is -3.56. The van der Waals surface area contributed by atoms with Crippen LogP contribution in [0.3, 0.4) is 0 Å². The van der Waals surface area contributed by atoms with Gasteiger partial charge in [-0.3, -0.25) is 19.2 Å². The van der Waals surface area contributed by atoms with Gasteiger partial charge in [-0.2, -0.15) is 0 Å². The lowest BCUT2D eigenvalue weighted by molar-refractivity contribution is -0.143. The molecule has 260 valence electrons. The summed E-state index contributed by atoms with van der Waals surface area (Å²) in [5.41, 5.74) is -1.67. The maximum atomic E-state index is 14.3. The number of Topliss-reactive ketones (excluding diaryl/α,β-unsaturated/α-hetero) is 1. The summed E-state index contributed by atoms with van der Waals surface area (Å²) >= 11 is 0. The van der Waals surface area contributed by atoms with Gasteiger partial charge < -0.3 is 26.2 Å². The van der Waals surface area contributed by atoms with Gasteiger partial charge in [-0.05, 0) is 48.9 Å². The molecule has 3 aliphatic rings. The normalized spacial score (nSPS) is 22.8. The lowest BCUT2D eigenvalue weighted by atomic mass is 9.83. The van der Waals surface area contributed by atoms with E-state index in [0.717, 1.165) is 38.4 Å². The molecule has 46 heavy (non-hydrogen) atoms. The van der Waals surface area contributed by atoms with Crippen molar-refractivity contribution in [1.82, 2.24) is 26.2 Å². The number of carbonyl (C=O) groups is 5. The number of nitrogens with zero attached hydrogens (tertiary/aromatic N) is 1. The van der Waals surface area contributed by atoms with Crippen molar-refractivity contribution in [3.63, 3.8) is 0 Å². The van der Waals surface area contributed by atoms with Crippen molar-refractivity contribution in [2.75, 3.05) is 25.1 Å². The molecule has 2 saturated carbocycles. The smallest absolute Gasteiger partial charge is 0.315 e. The minimum absolute atomic E-state index is 0.00267. The molecule has 1 unspecified atom stereocenters. The van der Waals surface area contributed by atoms with Crippen molar-refractivity contribution in [2.24, 2.45) is 23.2 Å². The lowest BCUT2D eigenvalue weighted by Crippen LogP contribution is -2.63. The van der Waals surface area contributed by atoms with E-state index in [2.05, 4.69) is 27.8 Å².